The Morgan fingerprint density at radius 1 is 1.00 bits per heavy atom. The average molecular weight is 479 g/mol. The van der Waals surface area contributed by atoms with Crippen molar-refractivity contribution in [3.63, 3.8) is 0 Å². The molecule has 9 nitrogen and oxygen atoms in total. The standard InChI is InChI=1S/C24H22N4O5S/c1-16-4-3-5-20(12-16)26-34(32,33)23-14-19(7-6-17(23)2)25-24(29)15-27-11-10-18-13-21(28(30)31)8-9-22(18)27/h3-14,26H,15H2,1-2H3,(H,25,29). The normalized spacial score (nSPS) is 11.4. The number of fused-ring (bicyclic) bond motifs is 1. The summed E-state index contributed by atoms with van der Waals surface area (Å²) in [6.07, 6.45) is 1.67. The van der Waals surface area contributed by atoms with E-state index in [0.29, 0.717) is 27.8 Å². The van der Waals surface area contributed by atoms with E-state index < -0.39 is 14.9 Å². The summed E-state index contributed by atoms with van der Waals surface area (Å²) >= 11 is 0. The molecule has 4 aromatic rings. The van der Waals surface area contributed by atoms with E-state index in [1.807, 2.05) is 13.0 Å². The Hall–Kier alpha value is -4.18. The number of nitro benzene ring substituents is 1. The number of carbonyl (C=O) groups is 1. The number of amides is 1. The van der Waals surface area contributed by atoms with Crippen molar-refractivity contribution in [2.75, 3.05) is 10.0 Å². The van der Waals surface area contributed by atoms with Gasteiger partial charge in [0.15, 0.2) is 0 Å². The van der Waals surface area contributed by atoms with E-state index in [-0.39, 0.29) is 23.0 Å². The van der Waals surface area contributed by atoms with Crippen LogP contribution in [0.15, 0.2) is 77.8 Å². The van der Waals surface area contributed by atoms with E-state index in [1.54, 1.807) is 60.2 Å². The highest BCUT2D eigenvalue weighted by atomic mass is 32.2. The molecule has 0 unspecified atom stereocenters. The Morgan fingerprint density at radius 2 is 1.79 bits per heavy atom. The maximum absolute atomic E-state index is 13.0. The van der Waals surface area contributed by atoms with Gasteiger partial charge in [0.05, 0.1) is 9.82 Å². The molecule has 1 amide bonds. The predicted octanol–water partition coefficient (Wildman–Crippen LogP) is 4.61. The second kappa shape index (κ2) is 8.99. The smallest absolute Gasteiger partial charge is 0.270 e. The van der Waals surface area contributed by atoms with Gasteiger partial charge in [0.1, 0.15) is 6.54 Å². The van der Waals surface area contributed by atoms with E-state index in [1.165, 1.54) is 18.2 Å². The quantitative estimate of drug-likeness (QED) is 0.297. The number of carbonyl (C=O) groups excluding carboxylic acids is 1. The molecule has 0 fully saturated rings. The van der Waals surface area contributed by atoms with E-state index in [2.05, 4.69) is 10.0 Å². The minimum absolute atomic E-state index is 0.0256. The van der Waals surface area contributed by atoms with Gasteiger partial charge >= 0.3 is 0 Å². The summed E-state index contributed by atoms with van der Waals surface area (Å²) in [5.74, 6) is -0.366. The molecule has 4 rings (SSSR count). The van der Waals surface area contributed by atoms with Crippen molar-refractivity contribution < 1.29 is 18.1 Å². The first kappa shape index (κ1) is 23.0. The van der Waals surface area contributed by atoms with Crippen molar-refractivity contribution in [1.82, 2.24) is 4.57 Å². The monoisotopic (exact) mass is 478 g/mol. The Balaban J connectivity index is 1.52. The molecule has 0 aliphatic heterocycles. The van der Waals surface area contributed by atoms with Gasteiger partial charge in [-0.2, -0.15) is 0 Å². The summed E-state index contributed by atoms with van der Waals surface area (Å²) in [7, 11) is -3.87. The van der Waals surface area contributed by atoms with Crippen LogP contribution in [0.1, 0.15) is 11.1 Å². The molecule has 10 heteroatoms. The zero-order valence-electron chi connectivity index (χ0n) is 18.5. The van der Waals surface area contributed by atoms with Gasteiger partial charge in [-0.05, 0) is 61.4 Å². The van der Waals surface area contributed by atoms with Crippen LogP contribution in [0.4, 0.5) is 17.1 Å². The van der Waals surface area contributed by atoms with Crippen LogP contribution in [0.2, 0.25) is 0 Å². The number of sulfonamides is 1. The van der Waals surface area contributed by atoms with Gasteiger partial charge in [-0.3, -0.25) is 19.6 Å². The highest BCUT2D eigenvalue weighted by Gasteiger charge is 2.19. The molecule has 0 atom stereocenters. The Labute approximate surface area is 196 Å². The van der Waals surface area contributed by atoms with E-state index in [4.69, 9.17) is 0 Å². The van der Waals surface area contributed by atoms with Gasteiger partial charge in [0.2, 0.25) is 5.91 Å². The first-order valence-corrected chi connectivity index (χ1v) is 11.8. The first-order valence-electron chi connectivity index (χ1n) is 10.4. The second-order valence-electron chi connectivity index (χ2n) is 7.95. The number of benzene rings is 3. The van der Waals surface area contributed by atoms with Gasteiger partial charge in [0, 0.05) is 40.6 Å². The highest BCUT2D eigenvalue weighted by molar-refractivity contribution is 7.92. The molecule has 0 saturated carbocycles. The maximum atomic E-state index is 13.0. The van der Waals surface area contributed by atoms with Crippen LogP contribution < -0.4 is 10.0 Å². The van der Waals surface area contributed by atoms with Crippen molar-refractivity contribution in [3.8, 4) is 0 Å². The number of hydrogen-bond acceptors (Lipinski definition) is 5. The molecule has 2 N–H and O–H groups in total. The molecule has 0 saturated heterocycles. The van der Waals surface area contributed by atoms with Crippen molar-refractivity contribution in [3.05, 3.63) is 94.2 Å². The molecule has 174 valence electrons. The highest BCUT2D eigenvalue weighted by Crippen LogP contribution is 2.24. The SMILES string of the molecule is Cc1cccc(NS(=O)(=O)c2cc(NC(=O)Cn3ccc4cc([N+](=O)[O-])ccc43)ccc2C)c1. The van der Waals surface area contributed by atoms with Crippen LogP contribution in [0.5, 0.6) is 0 Å². The third-order valence-electron chi connectivity index (χ3n) is 5.31. The van der Waals surface area contributed by atoms with Crippen LogP contribution in [0.3, 0.4) is 0 Å². The summed E-state index contributed by atoms with van der Waals surface area (Å²) in [4.78, 5) is 23.2. The van der Waals surface area contributed by atoms with Crippen LogP contribution >= 0.6 is 0 Å². The molecule has 0 bridgehead atoms. The number of non-ortho nitro benzene ring substituents is 1. The van der Waals surface area contributed by atoms with E-state index in [0.717, 1.165) is 5.56 Å². The van der Waals surface area contributed by atoms with Crippen molar-refractivity contribution in [2.24, 2.45) is 0 Å². The van der Waals surface area contributed by atoms with Crippen molar-refractivity contribution >= 4 is 43.9 Å². The number of anilines is 2. The van der Waals surface area contributed by atoms with Crippen LogP contribution in [0.25, 0.3) is 10.9 Å². The van der Waals surface area contributed by atoms with Crippen LogP contribution in [0, 0.1) is 24.0 Å². The number of aromatic nitrogens is 1. The maximum Gasteiger partial charge on any atom is 0.270 e. The van der Waals surface area contributed by atoms with Crippen LogP contribution in [-0.2, 0) is 21.4 Å². The third kappa shape index (κ3) is 4.91. The lowest BCUT2D eigenvalue weighted by atomic mass is 10.2. The molecular formula is C24H22N4O5S. The summed E-state index contributed by atoms with van der Waals surface area (Å²) in [5, 5.41) is 14.3. The Bertz CT molecular complexity index is 1530. The van der Waals surface area contributed by atoms with Gasteiger partial charge in [-0.15, -0.1) is 0 Å². The molecule has 1 aromatic heterocycles. The third-order valence-corrected chi connectivity index (χ3v) is 6.83. The van der Waals surface area contributed by atoms with Gasteiger partial charge < -0.3 is 9.88 Å². The molecule has 0 aliphatic carbocycles. The Kier molecular flexibility index (Phi) is 6.08. The lowest BCUT2D eigenvalue weighted by Crippen LogP contribution is -2.19. The number of rotatable bonds is 7. The molecule has 0 radical (unpaired) electrons. The zero-order valence-corrected chi connectivity index (χ0v) is 19.3. The minimum atomic E-state index is -3.87. The zero-order chi connectivity index (χ0) is 24.5. The average Bonchev–Trinajstić information content (AvgIpc) is 3.16. The van der Waals surface area contributed by atoms with Crippen LogP contribution in [-0.4, -0.2) is 23.8 Å². The molecule has 0 spiro atoms. The fraction of sp³-hybridized carbons (Fsp3) is 0.125. The minimum Gasteiger partial charge on any atom is -0.338 e. The number of nitrogens with one attached hydrogen (secondary N) is 2. The molecule has 34 heavy (non-hydrogen) atoms. The predicted molar refractivity (Wildman–Crippen MR) is 130 cm³/mol. The second-order valence-corrected chi connectivity index (χ2v) is 9.60. The summed E-state index contributed by atoms with van der Waals surface area (Å²) < 4.78 is 30.2. The lowest BCUT2D eigenvalue weighted by molar-refractivity contribution is -0.384. The van der Waals surface area contributed by atoms with Gasteiger partial charge in [-0.25, -0.2) is 8.42 Å². The van der Waals surface area contributed by atoms with E-state index >= 15 is 0 Å². The Morgan fingerprint density at radius 3 is 2.53 bits per heavy atom. The summed E-state index contributed by atoms with van der Waals surface area (Å²) in [6.45, 7) is 3.51. The summed E-state index contributed by atoms with van der Waals surface area (Å²) in [6, 6.07) is 17.8. The molecule has 0 aliphatic rings. The van der Waals surface area contributed by atoms with Crippen molar-refractivity contribution in [2.45, 2.75) is 25.3 Å². The molecule has 3 aromatic carbocycles. The topological polar surface area (TPSA) is 123 Å². The number of aryl methyl sites for hydroxylation is 2. The van der Waals surface area contributed by atoms with Gasteiger partial charge in [0.25, 0.3) is 15.7 Å². The fourth-order valence-corrected chi connectivity index (χ4v) is 5.00. The van der Waals surface area contributed by atoms with Crippen molar-refractivity contribution in [1.29, 1.82) is 0 Å². The van der Waals surface area contributed by atoms with E-state index in [9.17, 15) is 23.3 Å². The number of hydrogen-bond donors (Lipinski definition) is 2. The first-order chi connectivity index (χ1) is 16.1. The number of nitro groups is 1. The van der Waals surface area contributed by atoms with Gasteiger partial charge in [-0.1, -0.05) is 18.2 Å². The number of nitrogens with zero attached hydrogens (tertiary/aromatic N) is 2. The fourth-order valence-electron chi connectivity index (χ4n) is 3.68. The summed E-state index contributed by atoms with van der Waals surface area (Å²) in [5.41, 5.74) is 2.90. The lowest BCUT2D eigenvalue weighted by Gasteiger charge is -2.13. The molecule has 1 heterocycles. The largest absolute Gasteiger partial charge is 0.338 e. The molecular weight excluding hydrogens is 456 g/mol.